The second-order valence-corrected chi connectivity index (χ2v) is 7.46. The van der Waals surface area contributed by atoms with Crippen LogP contribution in [0.25, 0.3) is 0 Å². The molecule has 25 heavy (non-hydrogen) atoms. The van der Waals surface area contributed by atoms with E-state index < -0.39 is 22.0 Å². The molecule has 0 aliphatic heterocycles. The average Bonchev–Trinajstić information content (AvgIpc) is 2.58. The molecule has 0 fully saturated rings. The topological polar surface area (TPSA) is 116 Å². The summed E-state index contributed by atoms with van der Waals surface area (Å²) in [5.41, 5.74) is 1.50. The number of nitrogens with one attached hydrogen (secondary N) is 1. The molecule has 1 rings (SSSR count). The largest absolute Gasteiger partial charge is 0.481 e. The van der Waals surface area contributed by atoms with E-state index in [2.05, 4.69) is 11.8 Å². The number of hydrogen-bond acceptors (Lipinski definition) is 6. The highest BCUT2D eigenvalue weighted by molar-refractivity contribution is 7.89. The number of likely N-dealkylation sites (N-methyl/N-ethyl adjacent to an activating group) is 1. The summed E-state index contributed by atoms with van der Waals surface area (Å²) in [6.07, 6.45) is 0. The third kappa shape index (κ3) is 5.44. The summed E-state index contributed by atoms with van der Waals surface area (Å²) < 4.78 is 31.6. The lowest BCUT2D eigenvalue weighted by molar-refractivity contribution is -0.134. The molecule has 0 unspecified atom stereocenters. The van der Waals surface area contributed by atoms with Gasteiger partial charge in [-0.1, -0.05) is 25.7 Å². The summed E-state index contributed by atoms with van der Waals surface area (Å²) >= 11 is 0. The molecule has 1 atom stereocenters. The number of carbonyl (C=O) groups is 1. The van der Waals surface area contributed by atoms with Crippen LogP contribution in [0.3, 0.4) is 0 Å². The van der Waals surface area contributed by atoms with E-state index >= 15 is 0 Å². The molecular weight excluding hydrogens is 348 g/mol. The van der Waals surface area contributed by atoms with E-state index in [0.29, 0.717) is 5.75 Å². The zero-order valence-corrected chi connectivity index (χ0v) is 15.1. The van der Waals surface area contributed by atoms with Crippen molar-refractivity contribution < 1.29 is 28.3 Å². The van der Waals surface area contributed by atoms with Gasteiger partial charge >= 0.3 is 0 Å². The van der Waals surface area contributed by atoms with Gasteiger partial charge < -0.3 is 9.84 Å². The molecule has 1 aromatic carbocycles. The maximum Gasteiger partial charge on any atom is 0.262 e. The Morgan fingerprint density at radius 3 is 2.36 bits per heavy atom. The fourth-order valence-electron chi connectivity index (χ4n) is 2.20. The predicted octanol–water partition coefficient (Wildman–Crippen LogP) is 0.212. The second-order valence-electron chi connectivity index (χ2n) is 5.46. The second kappa shape index (κ2) is 9.39. The maximum atomic E-state index is 12.7. The minimum Gasteiger partial charge on any atom is -0.481 e. The van der Waals surface area contributed by atoms with Gasteiger partial charge in [0, 0.05) is 7.05 Å². The normalized spacial score (nSPS) is 12.4. The number of hydroxylamine groups is 1. The van der Waals surface area contributed by atoms with Crippen molar-refractivity contribution in [2.75, 3.05) is 20.3 Å². The lowest BCUT2D eigenvalue weighted by atomic mass is 10.0. The van der Waals surface area contributed by atoms with Crippen molar-refractivity contribution in [1.82, 2.24) is 9.79 Å². The van der Waals surface area contributed by atoms with Crippen LogP contribution in [-0.2, 0) is 14.8 Å². The molecule has 0 heterocycles. The molecule has 9 heteroatoms. The standard InChI is InChI=1S/C16H22N2O6S/c1-12(2)15(16(20)17-21)18(3)25(22,23)14-8-6-13(7-9-14)24-11-5-4-10-19/h6-9,12,15,19,21H,10-11H2,1-3H3,(H,17,20)/t15-/m1/s1. The quantitative estimate of drug-likeness (QED) is 0.359. The summed E-state index contributed by atoms with van der Waals surface area (Å²) in [4.78, 5) is 11.8. The Balaban J connectivity index is 2.99. The highest BCUT2D eigenvalue weighted by Crippen LogP contribution is 2.22. The SMILES string of the molecule is CC(C)[C@H](C(=O)NO)N(C)S(=O)(=O)c1ccc(OCC#CCO)cc1. The molecule has 0 aliphatic carbocycles. The monoisotopic (exact) mass is 370 g/mol. The van der Waals surface area contributed by atoms with Gasteiger partial charge in [0.2, 0.25) is 10.0 Å². The van der Waals surface area contributed by atoms with Gasteiger partial charge in [-0.15, -0.1) is 0 Å². The van der Waals surface area contributed by atoms with Crippen LogP contribution in [0.1, 0.15) is 13.8 Å². The number of carbonyl (C=O) groups excluding carboxylic acids is 1. The number of ether oxygens (including phenoxy) is 1. The van der Waals surface area contributed by atoms with Gasteiger partial charge in [0.15, 0.2) is 0 Å². The van der Waals surface area contributed by atoms with Crippen molar-refractivity contribution in [1.29, 1.82) is 0 Å². The van der Waals surface area contributed by atoms with Crippen LogP contribution in [0, 0.1) is 17.8 Å². The van der Waals surface area contributed by atoms with E-state index in [1.807, 2.05) is 0 Å². The first kappa shape index (κ1) is 20.9. The molecule has 1 amide bonds. The first-order valence-corrected chi connectivity index (χ1v) is 8.91. The molecule has 0 saturated carbocycles. The summed E-state index contributed by atoms with van der Waals surface area (Å²) in [7, 11) is -2.66. The first-order valence-electron chi connectivity index (χ1n) is 7.47. The highest BCUT2D eigenvalue weighted by Gasteiger charge is 2.34. The molecule has 0 spiro atoms. The smallest absolute Gasteiger partial charge is 0.262 e. The number of sulfonamides is 1. The molecule has 1 aromatic rings. The molecule has 0 radical (unpaired) electrons. The lowest BCUT2D eigenvalue weighted by Crippen LogP contribution is -2.49. The van der Waals surface area contributed by atoms with E-state index in [4.69, 9.17) is 15.1 Å². The Hall–Kier alpha value is -2.12. The van der Waals surface area contributed by atoms with Crippen molar-refractivity contribution in [3.8, 4) is 17.6 Å². The van der Waals surface area contributed by atoms with Crippen LogP contribution in [0.2, 0.25) is 0 Å². The van der Waals surface area contributed by atoms with Gasteiger partial charge in [0.25, 0.3) is 5.91 Å². The molecule has 0 aromatic heterocycles. The van der Waals surface area contributed by atoms with Crippen LogP contribution >= 0.6 is 0 Å². The van der Waals surface area contributed by atoms with E-state index in [0.717, 1.165) is 4.31 Å². The van der Waals surface area contributed by atoms with Gasteiger partial charge in [-0.3, -0.25) is 10.0 Å². The Bertz CT molecular complexity index is 734. The molecule has 0 aliphatic rings. The van der Waals surface area contributed by atoms with Crippen LogP contribution in [-0.4, -0.2) is 55.2 Å². The molecule has 8 nitrogen and oxygen atoms in total. The van der Waals surface area contributed by atoms with Crippen molar-refractivity contribution in [2.45, 2.75) is 24.8 Å². The number of aliphatic hydroxyl groups excluding tert-OH is 1. The van der Waals surface area contributed by atoms with Gasteiger partial charge in [-0.25, -0.2) is 13.9 Å². The van der Waals surface area contributed by atoms with E-state index in [-0.39, 0.29) is 24.0 Å². The van der Waals surface area contributed by atoms with Crippen LogP contribution in [0.5, 0.6) is 5.75 Å². The van der Waals surface area contributed by atoms with E-state index in [1.54, 1.807) is 13.8 Å². The molecule has 0 bridgehead atoms. The molecule has 0 saturated heterocycles. The summed E-state index contributed by atoms with van der Waals surface area (Å²) in [6.45, 7) is 3.16. The fraction of sp³-hybridized carbons (Fsp3) is 0.438. The maximum absolute atomic E-state index is 12.7. The Morgan fingerprint density at radius 1 is 1.28 bits per heavy atom. The van der Waals surface area contributed by atoms with Crippen LogP contribution in [0.4, 0.5) is 0 Å². The minimum absolute atomic E-state index is 0.0137. The van der Waals surface area contributed by atoms with Gasteiger partial charge in [-0.2, -0.15) is 4.31 Å². The van der Waals surface area contributed by atoms with Gasteiger partial charge in [0.05, 0.1) is 4.90 Å². The van der Waals surface area contributed by atoms with Crippen molar-refractivity contribution in [3.05, 3.63) is 24.3 Å². The lowest BCUT2D eigenvalue weighted by Gasteiger charge is -2.28. The van der Waals surface area contributed by atoms with Crippen molar-refractivity contribution in [2.24, 2.45) is 5.92 Å². The van der Waals surface area contributed by atoms with E-state index in [1.165, 1.54) is 36.8 Å². The van der Waals surface area contributed by atoms with Crippen molar-refractivity contribution in [3.63, 3.8) is 0 Å². The molecular formula is C16H22N2O6S. The Morgan fingerprint density at radius 2 is 1.88 bits per heavy atom. The molecule has 138 valence electrons. The Labute approximate surface area is 147 Å². The number of rotatable bonds is 7. The number of hydrogen-bond donors (Lipinski definition) is 3. The zero-order valence-electron chi connectivity index (χ0n) is 14.3. The summed E-state index contributed by atoms with van der Waals surface area (Å²) in [5, 5.41) is 17.4. The molecule has 3 N–H and O–H groups in total. The number of nitrogens with zero attached hydrogens (tertiary/aromatic N) is 1. The number of benzene rings is 1. The summed E-state index contributed by atoms with van der Waals surface area (Å²) in [6, 6.07) is 4.60. The van der Waals surface area contributed by atoms with E-state index in [9.17, 15) is 13.2 Å². The average molecular weight is 370 g/mol. The van der Waals surface area contributed by atoms with Crippen LogP contribution in [0.15, 0.2) is 29.2 Å². The third-order valence-corrected chi connectivity index (χ3v) is 5.27. The zero-order chi connectivity index (χ0) is 19.0. The Kier molecular flexibility index (Phi) is 7.86. The summed E-state index contributed by atoms with van der Waals surface area (Å²) in [5.74, 6) is 4.27. The van der Waals surface area contributed by atoms with Gasteiger partial charge in [-0.05, 0) is 30.2 Å². The first-order chi connectivity index (χ1) is 11.8. The predicted molar refractivity (Wildman–Crippen MR) is 90.3 cm³/mol. The number of aliphatic hydroxyl groups is 1. The van der Waals surface area contributed by atoms with Crippen LogP contribution < -0.4 is 10.2 Å². The number of amides is 1. The minimum atomic E-state index is -3.94. The fourth-order valence-corrected chi connectivity index (χ4v) is 3.65. The van der Waals surface area contributed by atoms with Gasteiger partial charge in [0.1, 0.15) is 25.0 Å². The third-order valence-electron chi connectivity index (χ3n) is 3.42. The highest BCUT2D eigenvalue weighted by atomic mass is 32.2. The van der Waals surface area contributed by atoms with Crippen molar-refractivity contribution >= 4 is 15.9 Å².